The van der Waals surface area contributed by atoms with Crippen LogP contribution in [0.5, 0.6) is 17.2 Å². The van der Waals surface area contributed by atoms with Crippen molar-refractivity contribution in [2.24, 2.45) is 0 Å². The maximum absolute atomic E-state index is 12.1. The van der Waals surface area contributed by atoms with Crippen LogP contribution in [0, 0.1) is 0 Å². The van der Waals surface area contributed by atoms with E-state index in [1.54, 1.807) is 26.0 Å². The first-order chi connectivity index (χ1) is 11.0. The van der Waals surface area contributed by atoms with E-state index in [-0.39, 0.29) is 28.4 Å². The molecule has 6 heteroatoms. The van der Waals surface area contributed by atoms with Crippen LogP contribution in [0.3, 0.4) is 0 Å². The summed E-state index contributed by atoms with van der Waals surface area (Å²) >= 11 is 0. The highest BCUT2D eigenvalue weighted by Crippen LogP contribution is 2.53. The molecule has 2 aliphatic heterocycles. The Kier molecular flexibility index (Phi) is 3.48. The molecule has 130 valence electrons. The van der Waals surface area contributed by atoms with Crippen LogP contribution >= 0.6 is 0 Å². The van der Waals surface area contributed by atoms with Gasteiger partial charge in [0.15, 0.2) is 5.78 Å². The van der Waals surface area contributed by atoms with E-state index in [9.17, 15) is 20.1 Å². The van der Waals surface area contributed by atoms with Crippen molar-refractivity contribution in [3.8, 4) is 17.2 Å². The number of aliphatic hydroxyl groups is 2. The van der Waals surface area contributed by atoms with Gasteiger partial charge in [-0.2, -0.15) is 0 Å². The van der Waals surface area contributed by atoms with Gasteiger partial charge in [-0.3, -0.25) is 4.79 Å². The molecule has 2 atom stereocenters. The summed E-state index contributed by atoms with van der Waals surface area (Å²) in [6, 6.07) is 0. The number of phenolic OH excluding ortho intramolecular Hbond substituents is 1. The molecule has 0 radical (unpaired) electrons. The summed E-state index contributed by atoms with van der Waals surface area (Å²) in [6.07, 6.45) is 0.885. The Morgan fingerprint density at radius 2 is 1.75 bits per heavy atom. The number of carbonyl (C=O) groups is 1. The Morgan fingerprint density at radius 3 is 2.33 bits per heavy atom. The quantitative estimate of drug-likeness (QED) is 0.682. The van der Waals surface area contributed by atoms with Gasteiger partial charge in [0.05, 0.1) is 11.1 Å². The molecule has 0 amide bonds. The second-order valence-electron chi connectivity index (χ2n) is 7.40. The minimum atomic E-state index is -1.31. The standard InChI is InChI=1S/C18H22O6/c1-8(19)10-12(20)9-6-7-17(2,3)23-14(9)11-13(21)16(22)18(4,5)24-15(10)11/h6-7,13,16,20-22H,1-5H3. The number of ether oxygens (including phenoxy) is 2. The topological polar surface area (TPSA) is 96.2 Å². The maximum atomic E-state index is 12.1. The van der Waals surface area contributed by atoms with E-state index in [2.05, 4.69) is 0 Å². The molecule has 0 aliphatic carbocycles. The molecule has 6 nitrogen and oxygen atoms in total. The highest BCUT2D eigenvalue weighted by molar-refractivity contribution is 6.02. The van der Waals surface area contributed by atoms with Crippen LogP contribution in [-0.4, -0.2) is 38.4 Å². The normalized spacial score (nSPS) is 26.0. The van der Waals surface area contributed by atoms with Gasteiger partial charge in [0.25, 0.3) is 0 Å². The first-order valence-corrected chi connectivity index (χ1v) is 7.83. The van der Waals surface area contributed by atoms with Gasteiger partial charge in [0, 0.05) is 0 Å². The largest absolute Gasteiger partial charge is 0.506 e. The maximum Gasteiger partial charge on any atom is 0.167 e. The molecule has 2 heterocycles. The zero-order valence-corrected chi connectivity index (χ0v) is 14.4. The Bertz CT molecular complexity index is 760. The third kappa shape index (κ3) is 2.29. The van der Waals surface area contributed by atoms with E-state index in [4.69, 9.17) is 9.47 Å². The Morgan fingerprint density at radius 1 is 1.12 bits per heavy atom. The molecular weight excluding hydrogens is 312 g/mol. The smallest absolute Gasteiger partial charge is 0.167 e. The number of rotatable bonds is 1. The minimum Gasteiger partial charge on any atom is -0.506 e. The van der Waals surface area contributed by atoms with Crippen LogP contribution in [0.1, 0.15) is 62.2 Å². The fourth-order valence-corrected chi connectivity index (χ4v) is 3.14. The van der Waals surface area contributed by atoms with E-state index in [1.807, 2.05) is 13.8 Å². The molecule has 3 rings (SSSR count). The van der Waals surface area contributed by atoms with Crippen molar-refractivity contribution in [2.45, 2.75) is 58.0 Å². The first-order valence-electron chi connectivity index (χ1n) is 7.83. The predicted molar refractivity (Wildman–Crippen MR) is 87.5 cm³/mol. The number of hydrogen-bond acceptors (Lipinski definition) is 6. The number of Topliss-reactive ketones (excluding diaryl/α,β-unsaturated/α-hetero) is 1. The lowest BCUT2D eigenvalue weighted by molar-refractivity contribution is -0.113. The summed E-state index contributed by atoms with van der Waals surface area (Å²) in [6.45, 7) is 8.17. The third-order valence-electron chi connectivity index (χ3n) is 4.49. The minimum absolute atomic E-state index is 0.0178. The molecule has 0 saturated carbocycles. The molecule has 0 bridgehead atoms. The lowest BCUT2D eigenvalue weighted by Gasteiger charge is -2.43. The highest BCUT2D eigenvalue weighted by atomic mass is 16.5. The fraction of sp³-hybridized carbons (Fsp3) is 0.500. The molecule has 1 aromatic carbocycles. The van der Waals surface area contributed by atoms with Gasteiger partial charge in [-0.25, -0.2) is 0 Å². The number of carbonyl (C=O) groups excluding carboxylic acids is 1. The van der Waals surface area contributed by atoms with Crippen LogP contribution in [0.2, 0.25) is 0 Å². The van der Waals surface area contributed by atoms with Gasteiger partial charge < -0.3 is 24.8 Å². The van der Waals surface area contributed by atoms with Crippen LogP contribution in [0.4, 0.5) is 0 Å². The molecule has 2 unspecified atom stereocenters. The van der Waals surface area contributed by atoms with Crippen LogP contribution in [-0.2, 0) is 0 Å². The summed E-state index contributed by atoms with van der Waals surface area (Å²) in [5.41, 5.74) is -1.32. The van der Waals surface area contributed by atoms with E-state index < -0.39 is 29.2 Å². The molecule has 0 saturated heterocycles. The van der Waals surface area contributed by atoms with E-state index in [0.29, 0.717) is 5.56 Å². The monoisotopic (exact) mass is 334 g/mol. The van der Waals surface area contributed by atoms with Gasteiger partial charge in [-0.15, -0.1) is 0 Å². The number of ketones is 1. The van der Waals surface area contributed by atoms with E-state index in [0.717, 1.165) is 0 Å². The molecule has 2 aliphatic rings. The van der Waals surface area contributed by atoms with Gasteiger partial charge in [0.1, 0.15) is 46.2 Å². The number of fused-ring (bicyclic) bond motifs is 3. The molecule has 0 spiro atoms. The zero-order chi connectivity index (χ0) is 18.0. The van der Waals surface area contributed by atoms with E-state index >= 15 is 0 Å². The average molecular weight is 334 g/mol. The molecule has 3 N–H and O–H groups in total. The van der Waals surface area contributed by atoms with Crippen molar-refractivity contribution in [3.05, 3.63) is 22.8 Å². The van der Waals surface area contributed by atoms with Crippen molar-refractivity contribution in [1.29, 1.82) is 0 Å². The zero-order valence-electron chi connectivity index (χ0n) is 14.4. The van der Waals surface area contributed by atoms with Crippen molar-refractivity contribution in [1.82, 2.24) is 0 Å². The lowest BCUT2D eigenvalue weighted by atomic mass is 9.83. The van der Waals surface area contributed by atoms with Crippen LogP contribution in [0.25, 0.3) is 6.08 Å². The number of aromatic hydroxyl groups is 1. The number of phenols is 1. The SMILES string of the molecule is CC(=O)c1c(O)c2c(c3c1OC(C)(C)C(O)C3O)OC(C)(C)C=C2. The summed E-state index contributed by atoms with van der Waals surface area (Å²) in [5.74, 6) is -0.360. The summed E-state index contributed by atoms with van der Waals surface area (Å²) in [5, 5.41) is 31.6. The van der Waals surface area contributed by atoms with Gasteiger partial charge in [-0.05, 0) is 46.8 Å². The summed E-state index contributed by atoms with van der Waals surface area (Å²) < 4.78 is 11.7. The van der Waals surface area contributed by atoms with Gasteiger partial charge >= 0.3 is 0 Å². The Balaban J connectivity index is 2.39. The Hall–Kier alpha value is -2.05. The predicted octanol–water partition coefficient (Wildman–Crippen LogP) is 2.34. The fourth-order valence-electron chi connectivity index (χ4n) is 3.14. The number of hydrogen-bond donors (Lipinski definition) is 3. The average Bonchev–Trinajstić information content (AvgIpc) is 2.43. The van der Waals surface area contributed by atoms with Crippen molar-refractivity contribution < 1.29 is 29.6 Å². The lowest BCUT2D eigenvalue weighted by Crippen LogP contribution is -2.49. The number of aliphatic hydroxyl groups excluding tert-OH is 2. The summed E-state index contributed by atoms with van der Waals surface area (Å²) in [4.78, 5) is 12.1. The first kappa shape index (κ1) is 16.8. The van der Waals surface area contributed by atoms with Crippen molar-refractivity contribution >= 4 is 11.9 Å². The Labute approximate surface area is 140 Å². The summed E-state index contributed by atoms with van der Waals surface area (Å²) in [7, 11) is 0. The molecular formula is C18H22O6. The highest BCUT2D eigenvalue weighted by Gasteiger charge is 2.47. The van der Waals surface area contributed by atoms with E-state index in [1.165, 1.54) is 6.92 Å². The van der Waals surface area contributed by atoms with Gasteiger partial charge in [0.2, 0.25) is 0 Å². The van der Waals surface area contributed by atoms with Crippen molar-refractivity contribution in [2.75, 3.05) is 0 Å². The second-order valence-corrected chi connectivity index (χ2v) is 7.40. The van der Waals surface area contributed by atoms with Crippen LogP contribution < -0.4 is 9.47 Å². The number of benzene rings is 1. The van der Waals surface area contributed by atoms with Crippen molar-refractivity contribution in [3.63, 3.8) is 0 Å². The van der Waals surface area contributed by atoms with Crippen LogP contribution in [0.15, 0.2) is 6.08 Å². The molecule has 1 aromatic rings. The molecule has 0 fully saturated rings. The van der Waals surface area contributed by atoms with Gasteiger partial charge in [-0.1, -0.05) is 0 Å². The molecule has 0 aromatic heterocycles. The molecule has 24 heavy (non-hydrogen) atoms. The third-order valence-corrected chi connectivity index (χ3v) is 4.49. The second kappa shape index (κ2) is 4.97.